The standard InChI is InChI=1S/C10H14BrNO/c1-3-12(2)7-8-4-5-10(13)9(11)6-8/h4-6,13H,3,7H2,1-2H3. The number of hydrogen-bond acceptors (Lipinski definition) is 2. The van der Waals surface area contributed by atoms with Gasteiger partial charge >= 0.3 is 0 Å². The van der Waals surface area contributed by atoms with Gasteiger partial charge in [0.25, 0.3) is 0 Å². The first-order valence-corrected chi connectivity index (χ1v) is 5.08. The van der Waals surface area contributed by atoms with Crippen molar-refractivity contribution in [3.05, 3.63) is 28.2 Å². The second kappa shape index (κ2) is 4.63. The van der Waals surface area contributed by atoms with Crippen molar-refractivity contribution in [3.8, 4) is 5.75 Å². The monoisotopic (exact) mass is 243 g/mol. The van der Waals surface area contributed by atoms with Crippen LogP contribution in [0.15, 0.2) is 22.7 Å². The smallest absolute Gasteiger partial charge is 0.129 e. The van der Waals surface area contributed by atoms with E-state index in [-0.39, 0.29) is 0 Å². The lowest BCUT2D eigenvalue weighted by Gasteiger charge is -2.13. The van der Waals surface area contributed by atoms with Gasteiger partial charge in [-0.15, -0.1) is 0 Å². The fourth-order valence-electron chi connectivity index (χ4n) is 1.07. The maximum Gasteiger partial charge on any atom is 0.129 e. The predicted molar refractivity (Wildman–Crippen MR) is 57.8 cm³/mol. The van der Waals surface area contributed by atoms with Gasteiger partial charge in [0.05, 0.1) is 4.47 Å². The molecule has 0 unspecified atom stereocenters. The van der Waals surface area contributed by atoms with Crippen LogP contribution >= 0.6 is 15.9 Å². The number of phenols is 1. The molecule has 0 atom stereocenters. The van der Waals surface area contributed by atoms with Crippen LogP contribution in [0.4, 0.5) is 0 Å². The van der Waals surface area contributed by atoms with E-state index < -0.39 is 0 Å². The normalized spacial score (nSPS) is 10.8. The zero-order valence-electron chi connectivity index (χ0n) is 7.92. The highest BCUT2D eigenvalue weighted by atomic mass is 79.9. The average molecular weight is 244 g/mol. The number of nitrogens with zero attached hydrogens (tertiary/aromatic N) is 1. The molecule has 0 aliphatic carbocycles. The number of hydrogen-bond donors (Lipinski definition) is 1. The molecule has 1 N–H and O–H groups in total. The van der Waals surface area contributed by atoms with Crippen LogP contribution in [-0.4, -0.2) is 23.6 Å². The fraction of sp³-hybridized carbons (Fsp3) is 0.400. The van der Waals surface area contributed by atoms with Gasteiger partial charge in [0.2, 0.25) is 0 Å². The van der Waals surface area contributed by atoms with Gasteiger partial charge in [0.1, 0.15) is 5.75 Å². The van der Waals surface area contributed by atoms with Gasteiger partial charge in [0, 0.05) is 6.54 Å². The second-order valence-electron chi connectivity index (χ2n) is 3.12. The quantitative estimate of drug-likeness (QED) is 0.883. The van der Waals surface area contributed by atoms with Crippen molar-refractivity contribution in [2.45, 2.75) is 13.5 Å². The topological polar surface area (TPSA) is 23.5 Å². The Morgan fingerprint density at radius 2 is 2.15 bits per heavy atom. The first-order valence-electron chi connectivity index (χ1n) is 4.29. The van der Waals surface area contributed by atoms with Gasteiger partial charge in [-0.3, -0.25) is 0 Å². The van der Waals surface area contributed by atoms with Crippen LogP contribution < -0.4 is 0 Å². The molecular formula is C10H14BrNO. The SMILES string of the molecule is CCN(C)Cc1ccc(O)c(Br)c1. The molecule has 0 bridgehead atoms. The zero-order chi connectivity index (χ0) is 9.84. The van der Waals surface area contributed by atoms with E-state index >= 15 is 0 Å². The van der Waals surface area contributed by atoms with Crippen molar-refractivity contribution >= 4 is 15.9 Å². The van der Waals surface area contributed by atoms with E-state index in [4.69, 9.17) is 0 Å². The summed E-state index contributed by atoms with van der Waals surface area (Å²) >= 11 is 3.29. The van der Waals surface area contributed by atoms with Gasteiger partial charge in [-0.2, -0.15) is 0 Å². The van der Waals surface area contributed by atoms with Gasteiger partial charge in [-0.1, -0.05) is 13.0 Å². The molecule has 72 valence electrons. The van der Waals surface area contributed by atoms with E-state index in [0.29, 0.717) is 5.75 Å². The summed E-state index contributed by atoms with van der Waals surface area (Å²) in [5, 5.41) is 9.27. The van der Waals surface area contributed by atoms with Crippen molar-refractivity contribution in [2.24, 2.45) is 0 Å². The summed E-state index contributed by atoms with van der Waals surface area (Å²) < 4.78 is 0.759. The van der Waals surface area contributed by atoms with E-state index in [2.05, 4.69) is 34.8 Å². The Kier molecular flexibility index (Phi) is 3.75. The van der Waals surface area contributed by atoms with Crippen LogP contribution in [0.5, 0.6) is 5.75 Å². The Balaban J connectivity index is 2.73. The largest absolute Gasteiger partial charge is 0.507 e. The summed E-state index contributed by atoms with van der Waals surface area (Å²) in [7, 11) is 2.07. The lowest BCUT2D eigenvalue weighted by atomic mass is 10.2. The van der Waals surface area contributed by atoms with Crippen molar-refractivity contribution in [1.82, 2.24) is 4.90 Å². The molecule has 0 saturated carbocycles. The Bertz CT molecular complexity index is 288. The van der Waals surface area contributed by atoms with Crippen LogP contribution in [0.1, 0.15) is 12.5 Å². The molecule has 1 rings (SSSR count). The molecule has 0 amide bonds. The third-order valence-electron chi connectivity index (χ3n) is 2.00. The zero-order valence-corrected chi connectivity index (χ0v) is 9.50. The minimum Gasteiger partial charge on any atom is -0.507 e. The maximum atomic E-state index is 9.27. The highest BCUT2D eigenvalue weighted by Crippen LogP contribution is 2.24. The van der Waals surface area contributed by atoms with Crippen LogP contribution in [-0.2, 0) is 6.54 Å². The number of halogens is 1. The minimum atomic E-state index is 0.294. The van der Waals surface area contributed by atoms with Crippen molar-refractivity contribution in [2.75, 3.05) is 13.6 Å². The van der Waals surface area contributed by atoms with E-state index in [1.807, 2.05) is 12.1 Å². The molecule has 0 aromatic heterocycles. The van der Waals surface area contributed by atoms with E-state index in [9.17, 15) is 5.11 Å². The van der Waals surface area contributed by atoms with Gasteiger partial charge in [0.15, 0.2) is 0 Å². The maximum absolute atomic E-state index is 9.27. The van der Waals surface area contributed by atoms with Crippen LogP contribution in [0.2, 0.25) is 0 Å². The fourth-order valence-corrected chi connectivity index (χ4v) is 1.50. The molecule has 0 radical (unpaired) electrons. The lowest BCUT2D eigenvalue weighted by Crippen LogP contribution is -2.16. The molecular weight excluding hydrogens is 230 g/mol. The minimum absolute atomic E-state index is 0.294. The lowest BCUT2D eigenvalue weighted by molar-refractivity contribution is 0.345. The van der Waals surface area contributed by atoms with Crippen molar-refractivity contribution < 1.29 is 5.11 Å². The third-order valence-corrected chi connectivity index (χ3v) is 2.64. The number of benzene rings is 1. The van der Waals surface area contributed by atoms with Gasteiger partial charge < -0.3 is 10.0 Å². The molecule has 0 fully saturated rings. The Labute approximate surface area is 87.3 Å². The first kappa shape index (κ1) is 10.5. The Morgan fingerprint density at radius 3 is 2.69 bits per heavy atom. The molecule has 0 heterocycles. The Morgan fingerprint density at radius 1 is 1.46 bits per heavy atom. The molecule has 0 aliphatic heterocycles. The molecule has 0 saturated heterocycles. The molecule has 3 heteroatoms. The van der Waals surface area contributed by atoms with Crippen LogP contribution in [0.3, 0.4) is 0 Å². The summed E-state index contributed by atoms with van der Waals surface area (Å²) in [6, 6.07) is 5.59. The summed E-state index contributed by atoms with van der Waals surface area (Å²) in [6.45, 7) is 4.06. The predicted octanol–water partition coefficient (Wildman–Crippen LogP) is 2.61. The van der Waals surface area contributed by atoms with E-state index in [0.717, 1.165) is 17.6 Å². The van der Waals surface area contributed by atoms with Crippen LogP contribution in [0.25, 0.3) is 0 Å². The second-order valence-corrected chi connectivity index (χ2v) is 3.97. The van der Waals surface area contributed by atoms with Gasteiger partial charge in [-0.25, -0.2) is 0 Å². The molecule has 1 aromatic carbocycles. The number of aromatic hydroxyl groups is 1. The average Bonchev–Trinajstić information content (AvgIpc) is 2.11. The molecule has 13 heavy (non-hydrogen) atoms. The molecule has 0 aliphatic rings. The van der Waals surface area contributed by atoms with Crippen molar-refractivity contribution in [1.29, 1.82) is 0 Å². The molecule has 2 nitrogen and oxygen atoms in total. The highest BCUT2D eigenvalue weighted by molar-refractivity contribution is 9.10. The summed E-state index contributed by atoms with van der Waals surface area (Å²) in [4.78, 5) is 2.21. The summed E-state index contributed by atoms with van der Waals surface area (Å²) in [5.41, 5.74) is 1.20. The third kappa shape index (κ3) is 3.01. The first-order chi connectivity index (χ1) is 6.13. The number of rotatable bonds is 3. The van der Waals surface area contributed by atoms with E-state index in [1.165, 1.54) is 5.56 Å². The number of phenolic OH excluding ortho intramolecular Hbond substituents is 1. The van der Waals surface area contributed by atoms with Crippen molar-refractivity contribution in [3.63, 3.8) is 0 Å². The summed E-state index contributed by atoms with van der Waals surface area (Å²) in [6.07, 6.45) is 0. The highest BCUT2D eigenvalue weighted by Gasteiger charge is 2.01. The van der Waals surface area contributed by atoms with E-state index in [1.54, 1.807) is 6.07 Å². The van der Waals surface area contributed by atoms with Gasteiger partial charge in [-0.05, 0) is 47.2 Å². The van der Waals surface area contributed by atoms with Crippen LogP contribution in [0, 0.1) is 0 Å². The molecule has 1 aromatic rings. The Hall–Kier alpha value is -0.540. The summed E-state index contributed by atoms with van der Waals surface area (Å²) in [5.74, 6) is 0.294. The molecule has 0 spiro atoms.